The van der Waals surface area contributed by atoms with Crippen molar-refractivity contribution in [3.63, 3.8) is 0 Å². The van der Waals surface area contributed by atoms with E-state index in [2.05, 4.69) is 15.0 Å². The van der Waals surface area contributed by atoms with Gasteiger partial charge in [-0.3, -0.25) is 0 Å². The first kappa shape index (κ1) is 13.4. The van der Waals surface area contributed by atoms with Crippen LogP contribution in [0.15, 0.2) is 6.07 Å². The van der Waals surface area contributed by atoms with Crippen LogP contribution in [0.1, 0.15) is 17.0 Å². The zero-order valence-corrected chi connectivity index (χ0v) is 12.7. The second-order valence-electron chi connectivity index (χ2n) is 5.34. The van der Waals surface area contributed by atoms with E-state index >= 15 is 0 Å². The maximum absolute atomic E-state index is 11.6. The van der Waals surface area contributed by atoms with Crippen molar-refractivity contribution in [3.05, 3.63) is 23.0 Å². The maximum Gasteiger partial charge on any atom is 0.160 e. The van der Waals surface area contributed by atoms with E-state index in [1.54, 1.807) is 0 Å². The Labute approximate surface area is 118 Å². The lowest BCUT2D eigenvalue weighted by atomic mass is 10.3. The third-order valence-corrected chi connectivity index (χ3v) is 5.44. The number of fused-ring (bicyclic) bond motifs is 1. The summed E-state index contributed by atoms with van der Waals surface area (Å²) in [5.74, 6) is 1.34. The highest BCUT2D eigenvalue weighted by Gasteiger charge is 2.24. The van der Waals surface area contributed by atoms with Crippen molar-refractivity contribution < 1.29 is 8.42 Å². The molecule has 1 saturated heterocycles. The summed E-state index contributed by atoms with van der Waals surface area (Å²) in [4.78, 5) is 6.61. The largest absolute Gasteiger partial charge is 0.354 e. The number of hydrogen-bond donors (Lipinski definition) is 0. The van der Waals surface area contributed by atoms with Gasteiger partial charge in [-0.15, -0.1) is 0 Å². The predicted octanol–water partition coefficient (Wildman–Crippen LogP) is 0.889. The monoisotopic (exact) mass is 294 g/mol. The third kappa shape index (κ3) is 2.15. The van der Waals surface area contributed by atoms with Crippen LogP contribution in [0.2, 0.25) is 0 Å². The van der Waals surface area contributed by atoms with E-state index in [0.29, 0.717) is 13.1 Å². The van der Waals surface area contributed by atoms with Crippen molar-refractivity contribution in [2.75, 3.05) is 29.5 Å². The zero-order valence-electron chi connectivity index (χ0n) is 11.9. The van der Waals surface area contributed by atoms with Crippen LogP contribution in [0, 0.1) is 20.8 Å². The van der Waals surface area contributed by atoms with Crippen molar-refractivity contribution >= 4 is 21.3 Å². The molecule has 0 amide bonds. The molecule has 7 heteroatoms. The summed E-state index contributed by atoms with van der Waals surface area (Å²) in [6.07, 6.45) is 0. The first-order chi connectivity index (χ1) is 9.37. The van der Waals surface area contributed by atoms with Gasteiger partial charge in [-0.25, -0.2) is 13.4 Å². The fraction of sp³-hybridized carbons (Fsp3) is 0.538. The molecule has 1 fully saturated rings. The van der Waals surface area contributed by atoms with Gasteiger partial charge in [0, 0.05) is 30.4 Å². The summed E-state index contributed by atoms with van der Waals surface area (Å²) < 4.78 is 24.9. The van der Waals surface area contributed by atoms with E-state index in [-0.39, 0.29) is 11.5 Å². The van der Waals surface area contributed by atoms with Crippen molar-refractivity contribution in [1.29, 1.82) is 0 Å². The van der Waals surface area contributed by atoms with Gasteiger partial charge in [0.2, 0.25) is 0 Å². The van der Waals surface area contributed by atoms with Crippen LogP contribution in [0.25, 0.3) is 5.65 Å². The molecule has 1 aliphatic heterocycles. The van der Waals surface area contributed by atoms with Crippen molar-refractivity contribution in [1.82, 2.24) is 14.6 Å². The van der Waals surface area contributed by atoms with Crippen LogP contribution in [0.5, 0.6) is 0 Å². The Morgan fingerprint density at radius 3 is 2.45 bits per heavy atom. The molecule has 108 valence electrons. The quantitative estimate of drug-likeness (QED) is 0.781. The van der Waals surface area contributed by atoms with Crippen LogP contribution in [-0.4, -0.2) is 47.6 Å². The van der Waals surface area contributed by atoms with Crippen molar-refractivity contribution in [3.8, 4) is 0 Å². The van der Waals surface area contributed by atoms with Crippen molar-refractivity contribution in [2.24, 2.45) is 0 Å². The summed E-state index contributed by atoms with van der Waals surface area (Å²) in [5.41, 5.74) is 3.79. The minimum absolute atomic E-state index is 0.203. The zero-order chi connectivity index (χ0) is 14.5. The molecule has 3 heterocycles. The summed E-state index contributed by atoms with van der Waals surface area (Å²) in [5, 5.41) is 4.53. The minimum atomic E-state index is -2.88. The third-order valence-electron chi connectivity index (χ3n) is 3.83. The lowest BCUT2D eigenvalue weighted by Crippen LogP contribution is -2.41. The molecule has 0 saturated carbocycles. The number of anilines is 1. The second-order valence-corrected chi connectivity index (χ2v) is 7.64. The number of aromatic nitrogens is 3. The standard InChI is InChI=1S/C13H18N4O2S/c1-9-8-12(16-4-6-20(18,19)7-5-16)17-13(14-9)10(2)11(3)15-17/h8H,4-7H2,1-3H3. The fourth-order valence-corrected chi connectivity index (χ4v) is 3.70. The summed E-state index contributed by atoms with van der Waals surface area (Å²) in [7, 11) is -2.88. The molecule has 0 aliphatic carbocycles. The van der Waals surface area contributed by atoms with Gasteiger partial charge < -0.3 is 4.90 Å². The predicted molar refractivity (Wildman–Crippen MR) is 78.1 cm³/mol. The smallest absolute Gasteiger partial charge is 0.160 e. The van der Waals surface area contributed by atoms with Gasteiger partial charge in [0.1, 0.15) is 5.82 Å². The molecule has 0 unspecified atom stereocenters. The Morgan fingerprint density at radius 2 is 1.80 bits per heavy atom. The highest BCUT2D eigenvalue weighted by atomic mass is 32.2. The van der Waals surface area contributed by atoms with E-state index in [1.165, 1.54) is 0 Å². The van der Waals surface area contributed by atoms with E-state index in [4.69, 9.17) is 0 Å². The Bertz CT molecular complexity index is 765. The molecule has 0 spiro atoms. The van der Waals surface area contributed by atoms with Crippen LogP contribution in [0.4, 0.5) is 5.82 Å². The van der Waals surface area contributed by atoms with E-state index in [9.17, 15) is 8.42 Å². The van der Waals surface area contributed by atoms with Crippen LogP contribution >= 0.6 is 0 Å². The average Bonchev–Trinajstić information content (AvgIpc) is 2.66. The Balaban J connectivity index is 2.10. The van der Waals surface area contributed by atoms with Crippen LogP contribution < -0.4 is 4.90 Å². The van der Waals surface area contributed by atoms with Crippen LogP contribution in [0.3, 0.4) is 0 Å². The first-order valence-electron chi connectivity index (χ1n) is 6.66. The molecule has 3 rings (SSSR count). The lowest BCUT2D eigenvalue weighted by molar-refractivity contribution is 0.585. The topological polar surface area (TPSA) is 67.6 Å². The highest BCUT2D eigenvalue weighted by Crippen LogP contribution is 2.22. The molecule has 20 heavy (non-hydrogen) atoms. The minimum Gasteiger partial charge on any atom is -0.354 e. The summed E-state index contributed by atoms with van der Waals surface area (Å²) in [6.45, 7) is 6.95. The Kier molecular flexibility index (Phi) is 2.97. The molecular weight excluding hydrogens is 276 g/mol. The molecular formula is C13H18N4O2S. The lowest BCUT2D eigenvalue weighted by Gasteiger charge is -2.28. The second kappa shape index (κ2) is 4.44. The molecule has 2 aromatic heterocycles. The molecule has 0 radical (unpaired) electrons. The molecule has 0 bridgehead atoms. The molecule has 2 aromatic rings. The molecule has 6 nitrogen and oxygen atoms in total. The van der Waals surface area contributed by atoms with Gasteiger partial charge in [-0.05, 0) is 20.8 Å². The van der Waals surface area contributed by atoms with Gasteiger partial charge in [0.15, 0.2) is 15.5 Å². The number of nitrogens with zero attached hydrogens (tertiary/aromatic N) is 4. The maximum atomic E-state index is 11.6. The number of rotatable bonds is 1. The molecule has 0 atom stereocenters. The van der Waals surface area contributed by atoms with Gasteiger partial charge in [0.05, 0.1) is 17.2 Å². The number of aryl methyl sites for hydroxylation is 3. The van der Waals surface area contributed by atoms with Crippen LogP contribution in [-0.2, 0) is 9.84 Å². The fourth-order valence-electron chi connectivity index (χ4n) is 2.50. The molecule has 1 aliphatic rings. The normalized spacial score (nSPS) is 18.6. The van der Waals surface area contributed by atoms with Gasteiger partial charge in [-0.1, -0.05) is 0 Å². The average molecular weight is 294 g/mol. The van der Waals surface area contributed by atoms with Gasteiger partial charge in [-0.2, -0.15) is 9.61 Å². The number of hydrogen-bond acceptors (Lipinski definition) is 5. The summed E-state index contributed by atoms with van der Waals surface area (Å²) >= 11 is 0. The first-order valence-corrected chi connectivity index (χ1v) is 8.48. The van der Waals surface area contributed by atoms with Gasteiger partial charge >= 0.3 is 0 Å². The molecule has 0 N–H and O–H groups in total. The molecule has 0 aromatic carbocycles. The SMILES string of the molecule is Cc1cc(N2CCS(=O)(=O)CC2)n2nc(C)c(C)c2n1. The van der Waals surface area contributed by atoms with E-state index in [0.717, 1.165) is 28.4 Å². The van der Waals surface area contributed by atoms with Crippen molar-refractivity contribution in [2.45, 2.75) is 20.8 Å². The Hall–Kier alpha value is -1.63. The van der Waals surface area contributed by atoms with E-state index < -0.39 is 9.84 Å². The highest BCUT2D eigenvalue weighted by molar-refractivity contribution is 7.91. The number of sulfone groups is 1. The Morgan fingerprint density at radius 1 is 1.15 bits per heavy atom. The summed E-state index contributed by atoms with van der Waals surface area (Å²) in [6, 6.07) is 1.97. The van der Waals surface area contributed by atoms with Gasteiger partial charge in [0.25, 0.3) is 0 Å². The van der Waals surface area contributed by atoms with E-state index in [1.807, 2.05) is 31.4 Å².